The number of carbonyl (C=O) groups is 2. The molecule has 1 saturated carbocycles. The summed E-state index contributed by atoms with van der Waals surface area (Å²) in [5.41, 5.74) is -0.473. The number of nitro groups is 1. The van der Waals surface area contributed by atoms with Crippen LogP contribution in [0.2, 0.25) is 0 Å². The van der Waals surface area contributed by atoms with Crippen molar-refractivity contribution < 1.29 is 29.1 Å². The first kappa shape index (κ1) is 29.7. The van der Waals surface area contributed by atoms with Gasteiger partial charge in [-0.15, -0.1) is 11.8 Å². The Morgan fingerprint density at radius 3 is 2.19 bits per heavy atom. The van der Waals surface area contributed by atoms with Gasteiger partial charge in [-0.1, -0.05) is 13.8 Å². The van der Waals surface area contributed by atoms with Gasteiger partial charge in [-0.05, 0) is 52.7 Å². The molecule has 0 radical (unpaired) electrons. The topological polar surface area (TPSA) is 119 Å². The molecule has 2 rings (SSSR count). The molecule has 1 amide bonds. The number of rotatable bonds is 8. The summed E-state index contributed by atoms with van der Waals surface area (Å²) in [4.78, 5) is 35.1. The number of amides is 1. The number of carbonyl (C=O) groups excluding carboxylic acids is 2. The van der Waals surface area contributed by atoms with E-state index in [0.717, 1.165) is 15.0 Å². The molecule has 1 fully saturated rings. The second-order valence-electron chi connectivity index (χ2n) is 7.50. The zero-order valence-electron chi connectivity index (χ0n) is 19.8. The lowest BCUT2D eigenvalue weighted by Crippen LogP contribution is -2.41. The van der Waals surface area contributed by atoms with Crippen LogP contribution >= 0.6 is 11.8 Å². The van der Waals surface area contributed by atoms with Gasteiger partial charge in [0.15, 0.2) is 0 Å². The quantitative estimate of drug-likeness (QED) is 0.330. The molecule has 0 saturated heterocycles. The first-order chi connectivity index (χ1) is 15.1. The van der Waals surface area contributed by atoms with E-state index >= 15 is 0 Å². The van der Waals surface area contributed by atoms with E-state index in [1.165, 1.54) is 12.8 Å². The third-order valence-electron chi connectivity index (χ3n) is 3.52. The van der Waals surface area contributed by atoms with Crippen LogP contribution in [0.4, 0.5) is 10.5 Å². The van der Waals surface area contributed by atoms with Crippen molar-refractivity contribution in [2.24, 2.45) is 0 Å². The molecule has 0 unspecified atom stereocenters. The van der Waals surface area contributed by atoms with E-state index in [0.29, 0.717) is 0 Å². The van der Waals surface area contributed by atoms with Crippen LogP contribution in [0.5, 0.6) is 0 Å². The van der Waals surface area contributed by atoms with Gasteiger partial charge in [-0.3, -0.25) is 19.8 Å². The Balaban J connectivity index is 0.000000569. The molecule has 9 nitrogen and oxygen atoms in total. The van der Waals surface area contributed by atoms with Crippen LogP contribution in [0, 0.1) is 10.1 Å². The maximum atomic E-state index is 11.7. The lowest BCUT2D eigenvalue weighted by atomic mass is 10.2. The molecule has 1 N–H and O–H groups in total. The van der Waals surface area contributed by atoms with Crippen molar-refractivity contribution in [3.63, 3.8) is 0 Å². The van der Waals surface area contributed by atoms with Gasteiger partial charge in [0.25, 0.3) is 5.69 Å². The van der Waals surface area contributed by atoms with Crippen LogP contribution in [0.15, 0.2) is 29.2 Å². The van der Waals surface area contributed by atoms with Crippen molar-refractivity contribution in [2.75, 3.05) is 26.3 Å². The zero-order valence-corrected chi connectivity index (χ0v) is 20.6. The van der Waals surface area contributed by atoms with Gasteiger partial charge in [-0.25, -0.2) is 4.79 Å². The summed E-state index contributed by atoms with van der Waals surface area (Å²) >= 11 is 1.81. The number of nitrogens with zero attached hydrogens (tertiary/aromatic N) is 2. The summed E-state index contributed by atoms with van der Waals surface area (Å²) in [6, 6.07) is 6.76. The van der Waals surface area contributed by atoms with Crippen LogP contribution in [0.3, 0.4) is 0 Å². The average Bonchev–Trinajstić information content (AvgIpc) is 3.53. The van der Waals surface area contributed by atoms with Crippen LogP contribution in [-0.4, -0.2) is 64.1 Å². The number of hydrogen-bond donors (Lipinski definition) is 1. The lowest BCUT2D eigenvalue weighted by Gasteiger charge is -2.26. The smallest absolute Gasteiger partial charge is 0.410 e. The van der Waals surface area contributed by atoms with Crippen LogP contribution in [0.25, 0.3) is 0 Å². The minimum absolute atomic E-state index is 0.0354. The van der Waals surface area contributed by atoms with Gasteiger partial charge >= 0.3 is 12.1 Å². The van der Waals surface area contributed by atoms with Crippen LogP contribution in [0.1, 0.15) is 54.4 Å². The molecule has 0 aliphatic heterocycles. The molecule has 0 aromatic heterocycles. The largest absolute Gasteiger partial charge is 0.465 e. The Morgan fingerprint density at radius 2 is 1.78 bits per heavy atom. The Labute approximate surface area is 194 Å². The van der Waals surface area contributed by atoms with Gasteiger partial charge in [0.1, 0.15) is 12.1 Å². The highest BCUT2D eigenvalue weighted by atomic mass is 32.2. The number of aliphatic hydroxyl groups excluding tert-OH is 1. The van der Waals surface area contributed by atoms with E-state index in [9.17, 15) is 19.7 Å². The van der Waals surface area contributed by atoms with Crippen molar-refractivity contribution in [1.82, 2.24) is 4.90 Å². The summed E-state index contributed by atoms with van der Waals surface area (Å²) in [5, 5.41) is 19.9. The minimum atomic E-state index is -0.639. The third-order valence-corrected chi connectivity index (χ3v) is 4.87. The third kappa shape index (κ3) is 13.9. The van der Waals surface area contributed by atoms with Gasteiger partial charge in [0.05, 0.1) is 18.1 Å². The maximum absolute atomic E-state index is 11.7. The van der Waals surface area contributed by atoms with E-state index in [-0.39, 0.29) is 36.9 Å². The number of aliphatic hydroxyl groups is 1. The second-order valence-corrected chi connectivity index (χ2v) is 8.87. The van der Waals surface area contributed by atoms with Crippen molar-refractivity contribution >= 4 is 29.5 Å². The number of benzene rings is 1. The summed E-state index contributed by atoms with van der Waals surface area (Å²) in [6.07, 6.45) is 1.92. The van der Waals surface area contributed by atoms with Crippen molar-refractivity contribution in [1.29, 1.82) is 0 Å². The molecule has 0 bridgehead atoms. The SMILES string of the molecule is CC.CCOC(=O)CN(CCO)C(=O)OC(C)(C)C.O=[N+]([O-])c1ccc(SC2CC2)cc1. The first-order valence-electron chi connectivity index (χ1n) is 10.7. The maximum Gasteiger partial charge on any atom is 0.410 e. The molecule has 1 aromatic carbocycles. The number of ether oxygens (including phenoxy) is 2. The van der Waals surface area contributed by atoms with E-state index < -0.39 is 17.7 Å². The Hall–Kier alpha value is -2.33. The predicted molar refractivity (Wildman–Crippen MR) is 125 cm³/mol. The highest BCUT2D eigenvalue weighted by Gasteiger charge is 2.24. The number of thioether (sulfide) groups is 1. The highest BCUT2D eigenvalue weighted by molar-refractivity contribution is 8.00. The average molecular weight is 473 g/mol. The Morgan fingerprint density at radius 1 is 1.22 bits per heavy atom. The highest BCUT2D eigenvalue weighted by Crippen LogP contribution is 2.39. The van der Waals surface area contributed by atoms with E-state index in [4.69, 9.17) is 14.6 Å². The molecular weight excluding hydrogens is 436 g/mol. The molecule has 1 aliphatic carbocycles. The van der Waals surface area contributed by atoms with Gasteiger partial charge < -0.3 is 14.6 Å². The molecule has 1 aromatic rings. The minimum Gasteiger partial charge on any atom is -0.465 e. The van der Waals surface area contributed by atoms with Crippen molar-refractivity contribution in [2.45, 2.75) is 70.1 Å². The van der Waals surface area contributed by atoms with Gasteiger partial charge in [0, 0.05) is 28.8 Å². The Bertz CT molecular complexity index is 701. The fourth-order valence-corrected chi connectivity index (χ4v) is 3.12. The molecular formula is C22H36N2O7S. The fourth-order valence-electron chi connectivity index (χ4n) is 2.07. The van der Waals surface area contributed by atoms with E-state index in [1.54, 1.807) is 39.8 Å². The number of non-ortho nitro benzene ring substituents is 1. The summed E-state index contributed by atoms with van der Waals surface area (Å²) < 4.78 is 9.83. The number of hydrogen-bond acceptors (Lipinski definition) is 8. The Kier molecular flexibility index (Phi) is 14.3. The monoisotopic (exact) mass is 472 g/mol. The van der Waals surface area contributed by atoms with Gasteiger partial charge in [0.2, 0.25) is 0 Å². The molecule has 32 heavy (non-hydrogen) atoms. The molecule has 0 atom stereocenters. The zero-order chi connectivity index (χ0) is 24.7. The first-order valence-corrected chi connectivity index (χ1v) is 11.6. The van der Waals surface area contributed by atoms with Crippen molar-refractivity contribution in [3.8, 4) is 0 Å². The van der Waals surface area contributed by atoms with Crippen molar-refractivity contribution in [3.05, 3.63) is 34.4 Å². The van der Waals surface area contributed by atoms with Crippen LogP contribution in [-0.2, 0) is 14.3 Å². The van der Waals surface area contributed by atoms with E-state index in [2.05, 4.69) is 0 Å². The molecule has 0 spiro atoms. The molecule has 182 valence electrons. The fraction of sp³-hybridized carbons (Fsp3) is 0.636. The van der Waals surface area contributed by atoms with Gasteiger partial charge in [-0.2, -0.15) is 0 Å². The number of nitro benzene ring substituents is 1. The van der Waals surface area contributed by atoms with E-state index in [1.807, 2.05) is 37.7 Å². The summed E-state index contributed by atoms with van der Waals surface area (Å²) in [5.74, 6) is -0.521. The normalized spacial score (nSPS) is 12.3. The summed E-state index contributed by atoms with van der Waals surface area (Å²) in [7, 11) is 0. The predicted octanol–water partition coefficient (Wildman–Crippen LogP) is 4.65. The summed E-state index contributed by atoms with van der Waals surface area (Å²) in [6.45, 7) is 10.7. The molecule has 10 heteroatoms. The molecule has 1 aliphatic rings. The standard InChI is InChI=1S/C11H21NO5.C9H9NO2S.C2H6/c1-5-16-9(14)8-12(6-7-13)10(15)17-11(2,3)4;11-10(12)7-1-3-8(4-2-7)13-9-5-6-9;1-2/h13H,5-8H2,1-4H3;1-4,9H,5-6H2;1-2H3. The lowest BCUT2D eigenvalue weighted by molar-refractivity contribution is -0.384. The molecule has 0 heterocycles. The second kappa shape index (κ2) is 15.5. The number of esters is 1. The van der Waals surface area contributed by atoms with Crippen LogP contribution < -0.4 is 0 Å².